The third kappa shape index (κ3) is 3.98. The zero-order valence-electron chi connectivity index (χ0n) is 15.6. The number of hydrogen-bond acceptors (Lipinski definition) is 4. The van der Waals surface area contributed by atoms with Crippen molar-refractivity contribution in [1.29, 1.82) is 0 Å². The molecule has 0 bridgehead atoms. The second-order valence-electron chi connectivity index (χ2n) is 6.48. The quantitative estimate of drug-likeness (QED) is 0.772. The van der Waals surface area contributed by atoms with Gasteiger partial charge < -0.3 is 14.5 Å². The first-order valence-electron chi connectivity index (χ1n) is 9.41. The van der Waals surface area contributed by atoms with Crippen molar-refractivity contribution in [2.45, 2.75) is 39.3 Å². The van der Waals surface area contributed by atoms with Gasteiger partial charge in [0.25, 0.3) is 0 Å². The Hall–Kier alpha value is -2.56. The highest BCUT2D eigenvalue weighted by Gasteiger charge is 2.33. The van der Waals surface area contributed by atoms with Crippen LogP contribution in [0.3, 0.4) is 0 Å². The lowest BCUT2D eigenvalue weighted by Crippen LogP contribution is -2.33. The molecule has 1 aliphatic rings. The highest BCUT2D eigenvalue weighted by molar-refractivity contribution is 5.69. The number of rotatable bonds is 6. The van der Waals surface area contributed by atoms with Crippen LogP contribution in [0.2, 0.25) is 0 Å². The molecule has 1 saturated heterocycles. The van der Waals surface area contributed by atoms with E-state index in [0.29, 0.717) is 6.61 Å². The molecule has 0 N–H and O–H groups in total. The van der Waals surface area contributed by atoms with Gasteiger partial charge in [0.1, 0.15) is 12.4 Å². The molecule has 5 nitrogen and oxygen atoms in total. The first-order chi connectivity index (χ1) is 12.7. The summed E-state index contributed by atoms with van der Waals surface area (Å²) in [6, 6.07) is 13.9. The summed E-state index contributed by atoms with van der Waals surface area (Å²) in [4.78, 5) is 21.4. The van der Waals surface area contributed by atoms with Crippen molar-refractivity contribution in [2.75, 3.05) is 24.5 Å². The number of amides is 1. The number of ether oxygens (including phenoxy) is 1. The summed E-state index contributed by atoms with van der Waals surface area (Å²) in [7, 11) is 0. The van der Waals surface area contributed by atoms with Gasteiger partial charge in [-0.3, -0.25) is 0 Å². The number of carbonyl (C=O) groups excluding carboxylic acids is 1. The summed E-state index contributed by atoms with van der Waals surface area (Å²) < 4.78 is 5.57. The van der Waals surface area contributed by atoms with E-state index in [1.807, 2.05) is 47.5 Å². The number of likely N-dealkylation sites (tertiary alicyclic amines) is 1. The number of pyridine rings is 1. The average Bonchev–Trinajstić information content (AvgIpc) is 3.18. The summed E-state index contributed by atoms with van der Waals surface area (Å²) >= 11 is 0. The normalized spacial score (nSPS) is 16.5. The van der Waals surface area contributed by atoms with E-state index in [-0.39, 0.29) is 12.1 Å². The number of anilines is 1. The fraction of sp³-hybridized carbons (Fsp3) is 0.429. The number of aromatic nitrogens is 1. The lowest BCUT2D eigenvalue weighted by Gasteiger charge is -2.29. The topological polar surface area (TPSA) is 45.7 Å². The molecule has 1 aliphatic heterocycles. The lowest BCUT2D eigenvalue weighted by atomic mass is 10.0. The van der Waals surface area contributed by atoms with E-state index in [4.69, 9.17) is 4.74 Å². The molecule has 26 heavy (non-hydrogen) atoms. The van der Waals surface area contributed by atoms with Crippen molar-refractivity contribution in [2.24, 2.45) is 0 Å². The second-order valence-corrected chi connectivity index (χ2v) is 6.48. The molecule has 0 radical (unpaired) electrons. The molecular weight excluding hydrogens is 326 g/mol. The Morgan fingerprint density at radius 1 is 1.19 bits per heavy atom. The van der Waals surface area contributed by atoms with Crippen LogP contribution in [-0.4, -0.2) is 35.6 Å². The molecule has 1 aromatic heterocycles. The van der Waals surface area contributed by atoms with Crippen LogP contribution in [0.4, 0.5) is 10.6 Å². The highest BCUT2D eigenvalue weighted by Crippen LogP contribution is 2.36. The molecule has 1 fully saturated rings. The van der Waals surface area contributed by atoms with E-state index in [9.17, 15) is 4.79 Å². The monoisotopic (exact) mass is 353 g/mol. The maximum absolute atomic E-state index is 12.7. The predicted octanol–water partition coefficient (Wildman–Crippen LogP) is 4.40. The molecule has 5 heteroatoms. The zero-order valence-corrected chi connectivity index (χ0v) is 15.6. The Labute approximate surface area is 155 Å². The van der Waals surface area contributed by atoms with Crippen LogP contribution in [0.5, 0.6) is 0 Å². The van der Waals surface area contributed by atoms with E-state index in [2.05, 4.69) is 29.8 Å². The molecule has 0 saturated carbocycles. The van der Waals surface area contributed by atoms with Crippen LogP contribution in [0, 0.1) is 0 Å². The first-order valence-corrected chi connectivity index (χ1v) is 9.41. The van der Waals surface area contributed by atoms with E-state index >= 15 is 0 Å². The van der Waals surface area contributed by atoms with E-state index < -0.39 is 0 Å². The maximum atomic E-state index is 12.7. The van der Waals surface area contributed by atoms with Gasteiger partial charge in [-0.05, 0) is 38.3 Å². The van der Waals surface area contributed by atoms with Gasteiger partial charge in [0.15, 0.2) is 0 Å². The van der Waals surface area contributed by atoms with E-state index in [1.54, 1.807) is 0 Å². The van der Waals surface area contributed by atoms with Crippen molar-refractivity contribution in [3.05, 3.63) is 59.8 Å². The maximum Gasteiger partial charge on any atom is 0.410 e. The molecule has 1 aromatic carbocycles. The highest BCUT2D eigenvalue weighted by atomic mass is 16.6. The Kier molecular flexibility index (Phi) is 6.10. The smallest absolute Gasteiger partial charge is 0.410 e. The molecule has 0 spiro atoms. The van der Waals surface area contributed by atoms with E-state index in [0.717, 1.165) is 49.4 Å². The Balaban J connectivity index is 1.75. The van der Waals surface area contributed by atoms with Gasteiger partial charge in [-0.25, -0.2) is 9.78 Å². The Morgan fingerprint density at radius 2 is 1.96 bits per heavy atom. The van der Waals surface area contributed by atoms with Gasteiger partial charge in [-0.2, -0.15) is 0 Å². The summed E-state index contributed by atoms with van der Waals surface area (Å²) in [5.74, 6) is 0.977. The molecule has 1 amide bonds. The second kappa shape index (κ2) is 8.70. The molecule has 0 aliphatic carbocycles. The molecule has 1 atom stereocenters. The van der Waals surface area contributed by atoms with E-state index in [1.165, 1.54) is 0 Å². The number of benzene rings is 1. The van der Waals surface area contributed by atoms with Gasteiger partial charge in [0.05, 0.1) is 6.04 Å². The summed E-state index contributed by atoms with van der Waals surface area (Å²) in [6.45, 7) is 7.08. The molecule has 138 valence electrons. The van der Waals surface area contributed by atoms with Gasteiger partial charge in [0, 0.05) is 31.4 Å². The zero-order chi connectivity index (χ0) is 18.4. The minimum atomic E-state index is -0.245. The lowest BCUT2D eigenvalue weighted by molar-refractivity contribution is 0.0921. The number of carbonyl (C=O) groups is 1. The molecule has 2 heterocycles. The van der Waals surface area contributed by atoms with Crippen LogP contribution in [0.1, 0.15) is 43.9 Å². The summed E-state index contributed by atoms with van der Waals surface area (Å²) in [5.41, 5.74) is 2.12. The van der Waals surface area contributed by atoms with Gasteiger partial charge in [-0.15, -0.1) is 0 Å². The van der Waals surface area contributed by atoms with Gasteiger partial charge in [0.2, 0.25) is 0 Å². The van der Waals surface area contributed by atoms with Crippen molar-refractivity contribution >= 4 is 11.9 Å². The largest absolute Gasteiger partial charge is 0.445 e. The minimum Gasteiger partial charge on any atom is -0.445 e. The third-order valence-corrected chi connectivity index (χ3v) is 4.93. The molecular formula is C21H27N3O2. The van der Waals surface area contributed by atoms with Gasteiger partial charge >= 0.3 is 6.09 Å². The van der Waals surface area contributed by atoms with Crippen LogP contribution in [0.15, 0.2) is 48.7 Å². The SMILES string of the molecule is CCN(CC)c1ncccc1C1CCCN1C(=O)OCc1ccccc1. The fourth-order valence-corrected chi connectivity index (χ4v) is 3.57. The van der Waals surface area contributed by atoms with Crippen LogP contribution in [0.25, 0.3) is 0 Å². The molecule has 2 aromatic rings. The number of hydrogen-bond donors (Lipinski definition) is 0. The molecule has 1 unspecified atom stereocenters. The van der Waals surface area contributed by atoms with Crippen LogP contribution in [-0.2, 0) is 11.3 Å². The standard InChI is InChI=1S/C21H27N3O2/c1-3-23(4-2)20-18(12-8-14-22-20)19-13-9-15-24(19)21(25)26-16-17-10-6-5-7-11-17/h5-8,10-12,14,19H,3-4,9,13,15-16H2,1-2H3. The fourth-order valence-electron chi connectivity index (χ4n) is 3.57. The molecule has 3 rings (SSSR count). The minimum absolute atomic E-state index is 0.0302. The predicted molar refractivity (Wildman–Crippen MR) is 103 cm³/mol. The van der Waals surface area contributed by atoms with Crippen LogP contribution >= 0.6 is 0 Å². The third-order valence-electron chi connectivity index (χ3n) is 4.93. The average molecular weight is 353 g/mol. The van der Waals surface area contributed by atoms with Crippen molar-refractivity contribution in [3.8, 4) is 0 Å². The summed E-state index contributed by atoms with van der Waals surface area (Å²) in [5, 5.41) is 0. The summed E-state index contributed by atoms with van der Waals surface area (Å²) in [6.07, 6.45) is 3.51. The van der Waals surface area contributed by atoms with Gasteiger partial charge in [-0.1, -0.05) is 36.4 Å². The number of nitrogens with zero attached hydrogens (tertiary/aromatic N) is 3. The Bertz CT molecular complexity index is 716. The first kappa shape index (κ1) is 18.2. The van der Waals surface area contributed by atoms with Crippen molar-refractivity contribution in [1.82, 2.24) is 9.88 Å². The van der Waals surface area contributed by atoms with Crippen molar-refractivity contribution in [3.63, 3.8) is 0 Å². The Morgan fingerprint density at radius 3 is 2.69 bits per heavy atom. The van der Waals surface area contributed by atoms with Crippen LogP contribution < -0.4 is 4.90 Å². The van der Waals surface area contributed by atoms with Crippen molar-refractivity contribution < 1.29 is 9.53 Å².